The normalized spacial score (nSPS) is 17.3. The van der Waals surface area contributed by atoms with Gasteiger partial charge in [0.1, 0.15) is 11.3 Å². The van der Waals surface area contributed by atoms with Crippen molar-refractivity contribution >= 4 is 38.3 Å². The Morgan fingerprint density at radius 2 is 2.04 bits per heavy atom. The van der Waals surface area contributed by atoms with Gasteiger partial charge in [-0.1, -0.05) is 43.4 Å². The van der Waals surface area contributed by atoms with E-state index in [9.17, 15) is 9.18 Å². The number of hydrogen-bond acceptors (Lipinski definition) is 4. The summed E-state index contributed by atoms with van der Waals surface area (Å²) in [6.45, 7) is 5.75. The number of thiazole rings is 1. The van der Waals surface area contributed by atoms with Crippen molar-refractivity contribution in [3.05, 3.63) is 53.8 Å². The molecule has 0 saturated carbocycles. The molecule has 1 aliphatic rings. The summed E-state index contributed by atoms with van der Waals surface area (Å²) in [7, 11) is 0. The first-order chi connectivity index (χ1) is 13.5. The van der Waals surface area contributed by atoms with E-state index in [4.69, 9.17) is 0 Å². The number of benzene rings is 2. The second kappa shape index (κ2) is 7.87. The summed E-state index contributed by atoms with van der Waals surface area (Å²) < 4.78 is 14.8. The van der Waals surface area contributed by atoms with Crippen LogP contribution in [0, 0.1) is 11.7 Å². The highest BCUT2D eigenvalue weighted by Crippen LogP contribution is 2.33. The van der Waals surface area contributed by atoms with Gasteiger partial charge in [-0.15, -0.1) is 0 Å². The maximum Gasteiger partial charge on any atom is 0.229 e. The lowest BCUT2D eigenvalue weighted by Crippen LogP contribution is -2.40. The van der Waals surface area contributed by atoms with Gasteiger partial charge < -0.3 is 10.2 Å². The molecule has 3 aromatic rings. The van der Waals surface area contributed by atoms with Crippen molar-refractivity contribution in [1.82, 2.24) is 4.98 Å². The SMILES string of the molecule is CC(C)c1ccc(NC(=O)C2CCCN(c3nc4c(F)cccc4s3)C2)cc1. The zero-order valence-electron chi connectivity index (χ0n) is 16.1. The monoisotopic (exact) mass is 397 g/mol. The largest absolute Gasteiger partial charge is 0.347 e. The lowest BCUT2D eigenvalue weighted by molar-refractivity contribution is -0.120. The molecule has 1 aromatic heterocycles. The second-order valence-electron chi connectivity index (χ2n) is 7.63. The fourth-order valence-corrected chi connectivity index (χ4v) is 4.61. The van der Waals surface area contributed by atoms with E-state index in [2.05, 4.69) is 41.2 Å². The number of fused-ring (bicyclic) bond motifs is 1. The molecule has 146 valence electrons. The summed E-state index contributed by atoms with van der Waals surface area (Å²) in [4.78, 5) is 19.4. The fraction of sp³-hybridized carbons (Fsp3) is 0.364. The number of nitrogens with zero attached hydrogens (tertiary/aromatic N) is 2. The van der Waals surface area contributed by atoms with E-state index in [0.29, 0.717) is 18.0 Å². The van der Waals surface area contributed by atoms with Crippen LogP contribution in [0.15, 0.2) is 42.5 Å². The van der Waals surface area contributed by atoms with E-state index in [1.54, 1.807) is 6.07 Å². The third-order valence-corrected chi connectivity index (χ3v) is 6.35. The van der Waals surface area contributed by atoms with Crippen LogP contribution in [0.25, 0.3) is 10.2 Å². The molecule has 0 aliphatic carbocycles. The third-order valence-electron chi connectivity index (χ3n) is 5.27. The van der Waals surface area contributed by atoms with Gasteiger partial charge >= 0.3 is 0 Å². The van der Waals surface area contributed by atoms with Crippen molar-refractivity contribution in [2.75, 3.05) is 23.3 Å². The highest BCUT2D eigenvalue weighted by atomic mass is 32.1. The first kappa shape index (κ1) is 18.9. The van der Waals surface area contributed by atoms with Gasteiger partial charge in [-0.3, -0.25) is 4.79 Å². The summed E-state index contributed by atoms with van der Waals surface area (Å²) >= 11 is 1.48. The number of carbonyl (C=O) groups is 1. The average molecular weight is 398 g/mol. The molecule has 28 heavy (non-hydrogen) atoms. The van der Waals surface area contributed by atoms with Crippen molar-refractivity contribution in [2.24, 2.45) is 5.92 Å². The van der Waals surface area contributed by atoms with Crippen LogP contribution in [0.3, 0.4) is 0 Å². The molecule has 1 unspecified atom stereocenters. The number of rotatable bonds is 4. The molecule has 1 aliphatic heterocycles. The quantitative estimate of drug-likeness (QED) is 0.640. The Morgan fingerprint density at radius 1 is 1.25 bits per heavy atom. The molecule has 4 nitrogen and oxygen atoms in total. The predicted octanol–water partition coefficient (Wildman–Crippen LogP) is 5.41. The Morgan fingerprint density at radius 3 is 2.75 bits per heavy atom. The van der Waals surface area contributed by atoms with Crippen molar-refractivity contribution in [3.63, 3.8) is 0 Å². The summed E-state index contributed by atoms with van der Waals surface area (Å²) in [6, 6.07) is 13.1. The third kappa shape index (κ3) is 3.87. The number of halogens is 1. The molecule has 2 aromatic carbocycles. The maximum absolute atomic E-state index is 14.0. The molecule has 1 atom stereocenters. The van der Waals surface area contributed by atoms with Crippen LogP contribution in [0.5, 0.6) is 0 Å². The van der Waals surface area contributed by atoms with E-state index in [-0.39, 0.29) is 17.6 Å². The van der Waals surface area contributed by atoms with Crippen molar-refractivity contribution in [3.8, 4) is 0 Å². The molecular weight excluding hydrogens is 373 g/mol. The predicted molar refractivity (Wildman–Crippen MR) is 114 cm³/mol. The van der Waals surface area contributed by atoms with Crippen molar-refractivity contribution in [2.45, 2.75) is 32.6 Å². The lowest BCUT2D eigenvalue weighted by atomic mass is 9.97. The highest BCUT2D eigenvalue weighted by molar-refractivity contribution is 7.22. The zero-order chi connectivity index (χ0) is 19.7. The second-order valence-corrected chi connectivity index (χ2v) is 8.64. The Hall–Kier alpha value is -2.47. The van der Waals surface area contributed by atoms with Gasteiger partial charge in [0, 0.05) is 18.8 Å². The molecule has 1 N–H and O–H groups in total. The minimum atomic E-state index is -0.295. The van der Waals surface area contributed by atoms with Gasteiger partial charge in [0.15, 0.2) is 5.13 Å². The topological polar surface area (TPSA) is 45.2 Å². The van der Waals surface area contributed by atoms with Gasteiger partial charge in [0.2, 0.25) is 5.91 Å². The Bertz CT molecular complexity index is 983. The summed E-state index contributed by atoms with van der Waals surface area (Å²) in [5.41, 5.74) is 2.50. The van der Waals surface area contributed by atoms with E-state index >= 15 is 0 Å². The Labute approximate surface area is 168 Å². The van der Waals surface area contributed by atoms with Gasteiger partial charge in [0.25, 0.3) is 0 Å². The van der Waals surface area contributed by atoms with Gasteiger partial charge in [-0.2, -0.15) is 0 Å². The number of para-hydroxylation sites is 1. The molecular formula is C22H24FN3OS. The van der Waals surface area contributed by atoms with Crippen LogP contribution in [0.1, 0.15) is 38.2 Å². The molecule has 2 heterocycles. The van der Waals surface area contributed by atoms with E-state index in [0.717, 1.165) is 34.9 Å². The standard InChI is InChI=1S/C22H24FN3OS/c1-14(2)15-8-10-17(11-9-15)24-21(27)16-5-4-12-26(13-16)22-25-20-18(23)6-3-7-19(20)28-22/h3,6-11,14,16H,4-5,12-13H2,1-2H3,(H,24,27). The summed E-state index contributed by atoms with van der Waals surface area (Å²) in [5.74, 6) is 0.108. The van der Waals surface area contributed by atoms with Crippen LogP contribution in [0.4, 0.5) is 15.2 Å². The number of anilines is 2. The first-order valence-corrected chi connectivity index (χ1v) is 10.5. The van der Waals surface area contributed by atoms with Gasteiger partial charge in [-0.05, 0) is 48.6 Å². The number of aromatic nitrogens is 1. The van der Waals surface area contributed by atoms with Crippen LogP contribution in [0.2, 0.25) is 0 Å². The van der Waals surface area contributed by atoms with Crippen LogP contribution < -0.4 is 10.2 Å². The Kier molecular flexibility index (Phi) is 5.31. The molecule has 4 rings (SSSR count). The Balaban J connectivity index is 1.45. The first-order valence-electron chi connectivity index (χ1n) is 9.72. The molecule has 6 heteroatoms. The molecule has 0 radical (unpaired) electrons. The highest BCUT2D eigenvalue weighted by Gasteiger charge is 2.27. The van der Waals surface area contributed by atoms with E-state index in [1.165, 1.54) is 23.0 Å². The fourth-order valence-electron chi connectivity index (χ4n) is 3.60. The maximum atomic E-state index is 14.0. The van der Waals surface area contributed by atoms with Crippen molar-refractivity contribution < 1.29 is 9.18 Å². The summed E-state index contributed by atoms with van der Waals surface area (Å²) in [5, 5.41) is 3.83. The molecule has 0 spiro atoms. The number of nitrogens with one attached hydrogen (secondary N) is 1. The molecule has 0 bridgehead atoms. The number of hydrogen-bond donors (Lipinski definition) is 1. The van der Waals surface area contributed by atoms with E-state index < -0.39 is 0 Å². The smallest absolute Gasteiger partial charge is 0.229 e. The van der Waals surface area contributed by atoms with Crippen LogP contribution in [-0.2, 0) is 4.79 Å². The van der Waals surface area contributed by atoms with Crippen molar-refractivity contribution in [1.29, 1.82) is 0 Å². The number of carbonyl (C=O) groups excluding carboxylic acids is 1. The van der Waals surface area contributed by atoms with Crippen LogP contribution in [-0.4, -0.2) is 24.0 Å². The zero-order valence-corrected chi connectivity index (χ0v) is 16.9. The lowest BCUT2D eigenvalue weighted by Gasteiger charge is -2.31. The minimum absolute atomic E-state index is 0.0364. The molecule has 1 saturated heterocycles. The average Bonchev–Trinajstić information content (AvgIpc) is 3.14. The molecule has 1 amide bonds. The van der Waals surface area contributed by atoms with Crippen LogP contribution >= 0.6 is 11.3 Å². The molecule has 1 fully saturated rings. The number of amides is 1. The number of piperidine rings is 1. The van der Waals surface area contributed by atoms with Gasteiger partial charge in [0.05, 0.1) is 10.6 Å². The minimum Gasteiger partial charge on any atom is -0.347 e. The van der Waals surface area contributed by atoms with Gasteiger partial charge in [-0.25, -0.2) is 9.37 Å². The summed E-state index contributed by atoms with van der Waals surface area (Å²) in [6.07, 6.45) is 1.77. The van der Waals surface area contributed by atoms with E-state index in [1.807, 2.05) is 18.2 Å².